The number of carbonyl (C=O) groups is 1. The second kappa shape index (κ2) is 8.91. The Kier molecular flexibility index (Phi) is 5.70. The Morgan fingerprint density at radius 1 is 1.00 bits per heavy atom. The van der Waals surface area contributed by atoms with E-state index in [-0.39, 0.29) is 18.1 Å². The lowest BCUT2D eigenvalue weighted by Gasteiger charge is -2.06. The predicted molar refractivity (Wildman–Crippen MR) is 119 cm³/mol. The second-order valence-corrected chi connectivity index (χ2v) is 6.68. The fraction of sp³-hybridized carbons (Fsp3) is 0.0435. The van der Waals surface area contributed by atoms with Crippen LogP contribution in [0.15, 0.2) is 88.4 Å². The molecule has 8 heteroatoms. The SMILES string of the molecule is O=C(CNc1ccc2ccccc2c1)NN=Cc1ccc(-c2ccccc2[N+](=O)[O-])o1. The van der Waals surface area contributed by atoms with Crippen molar-refractivity contribution in [3.63, 3.8) is 0 Å². The summed E-state index contributed by atoms with van der Waals surface area (Å²) in [7, 11) is 0. The molecule has 0 atom stereocenters. The molecule has 8 nitrogen and oxygen atoms in total. The Labute approximate surface area is 177 Å². The molecule has 0 unspecified atom stereocenters. The third-order valence-corrected chi connectivity index (χ3v) is 4.58. The van der Waals surface area contributed by atoms with Crippen LogP contribution in [-0.4, -0.2) is 23.6 Å². The number of nitro groups is 1. The van der Waals surface area contributed by atoms with Gasteiger partial charge in [-0.1, -0.05) is 42.5 Å². The van der Waals surface area contributed by atoms with Crippen molar-refractivity contribution in [3.05, 3.63) is 94.7 Å². The molecule has 3 aromatic carbocycles. The average Bonchev–Trinajstić information content (AvgIpc) is 3.26. The quantitative estimate of drug-likeness (QED) is 0.261. The van der Waals surface area contributed by atoms with Crippen LogP contribution < -0.4 is 10.7 Å². The van der Waals surface area contributed by atoms with E-state index in [2.05, 4.69) is 15.8 Å². The summed E-state index contributed by atoms with van der Waals surface area (Å²) < 4.78 is 5.59. The summed E-state index contributed by atoms with van der Waals surface area (Å²) >= 11 is 0. The smallest absolute Gasteiger partial charge is 0.280 e. The standard InChI is InChI=1S/C23H18N4O4/c28-23(15-24-18-10-9-16-5-1-2-6-17(16)13-18)26-25-14-19-11-12-22(31-19)20-7-3-4-8-21(20)27(29)30/h1-14,24H,15H2,(H,26,28). The van der Waals surface area contributed by atoms with Crippen molar-refractivity contribution in [2.45, 2.75) is 0 Å². The number of carbonyl (C=O) groups excluding carboxylic acids is 1. The summed E-state index contributed by atoms with van der Waals surface area (Å²) in [5.41, 5.74) is 3.57. The van der Waals surface area contributed by atoms with Gasteiger partial charge in [0.25, 0.3) is 11.6 Å². The molecule has 4 aromatic rings. The number of hydrazone groups is 1. The lowest BCUT2D eigenvalue weighted by Crippen LogP contribution is -2.25. The maximum Gasteiger partial charge on any atom is 0.280 e. The lowest BCUT2D eigenvalue weighted by atomic mass is 10.1. The van der Waals surface area contributed by atoms with E-state index in [4.69, 9.17) is 4.42 Å². The largest absolute Gasteiger partial charge is 0.455 e. The van der Waals surface area contributed by atoms with Gasteiger partial charge in [0, 0.05) is 11.8 Å². The van der Waals surface area contributed by atoms with Crippen LogP contribution in [0, 0.1) is 10.1 Å². The number of amides is 1. The number of nitro benzene ring substituents is 1. The van der Waals surface area contributed by atoms with Gasteiger partial charge >= 0.3 is 0 Å². The van der Waals surface area contributed by atoms with Gasteiger partial charge in [0.1, 0.15) is 11.5 Å². The van der Waals surface area contributed by atoms with Gasteiger partial charge in [0.05, 0.1) is 23.2 Å². The first-order valence-electron chi connectivity index (χ1n) is 9.48. The van der Waals surface area contributed by atoms with Crippen molar-refractivity contribution in [2.75, 3.05) is 11.9 Å². The predicted octanol–water partition coefficient (Wildman–Crippen LogP) is 4.57. The number of para-hydroxylation sites is 1. The molecule has 0 spiro atoms. The molecular formula is C23H18N4O4. The van der Waals surface area contributed by atoms with Crippen LogP contribution >= 0.6 is 0 Å². The van der Waals surface area contributed by atoms with Crippen LogP contribution in [0.4, 0.5) is 11.4 Å². The zero-order chi connectivity index (χ0) is 21.6. The maximum absolute atomic E-state index is 12.0. The van der Waals surface area contributed by atoms with E-state index in [0.717, 1.165) is 16.5 Å². The highest BCUT2D eigenvalue weighted by Gasteiger charge is 2.16. The molecule has 0 saturated heterocycles. The van der Waals surface area contributed by atoms with Crippen LogP contribution in [0.1, 0.15) is 5.76 Å². The molecule has 0 fully saturated rings. The number of hydrogen-bond donors (Lipinski definition) is 2. The number of benzene rings is 3. The number of nitrogens with one attached hydrogen (secondary N) is 2. The minimum atomic E-state index is -0.464. The summed E-state index contributed by atoms with van der Waals surface area (Å²) in [6.07, 6.45) is 1.34. The van der Waals surface area contributed by atoms with Gasteiger partial charge in [-0.25, -0.2) is 5.43 Å². The monoisotopic (exact) mass is 414 g/mol. The van der Waals surface area contributed by atoms with E-state index in [0.29, 0.717) is 17.1 Å². The Bertz CT molecular complexity index is 1280. The number of hydrogen-bond acceptors (Lipinski definition) is 6. The van der Waals surface area contributed by atoms with Crippen LogP contribution in [0.25, 0.3) is 22.1 Å². The number of anilines is 1. The fourth-order valence-electron chi connectivity index (χ4n) is 3.10. The molecule has 0 bridgehead atoms. The van der Waals surface area contributed by atoms with Crippen molar-refractivity contribution >= 4 is 34.3 Å². The van der Waals surface area contributed by atoms with E-state index in [1.807, 2.05) is 42.5 Å². The zero-order valence-electron chi connectivity index (χ0n) is 16.3. The van der Waals surface area contributed by atoms with Gasteiger partial charge in [0.2, 0.25) is 0 Å². The van der Waals surface area contributed by atoms with Crippen LogP contribution in [0.3, 0.4) is 0 Å². The highest BCUT2D eigenvalue weighted by atomic mass is 16.6. The highest BCUT2D eigenvalue weighted by molar-refractivity contribution is 5.87. The Morgan fingerprint density at radius 3 is 2.61 bits per heavy atom. The Morgan fingerprint density at radius 2 is 1.77 bits per heavy atom. The Balaban J connectivity index is 1.33. The summed E-state index contributed by atoms with van der Waals surface area (Å²) in [5.74, 6) is 0.379. The normalized spacial score (nSPS) is 11.0. The third-order valence-electron chi connectivity index (χ3n) is 4.58. The minimum absolute atomic E-state index is 0.0478. The molecule has 0 aliphatic heterocycles. The lowest BCUT2D eigenvalue weighted by molar-refractivity contribution is -0.384. The first kappa shape index (κ1) is 19.8. The third kappa shape index (κ3) is 4.76. The first-order valence-corrected chi connectivity index (χ1v) is 9.48. The number of furan rings is 1. The first-order chi connectivity index (χ1) is 15.1. The molecule has 1 heterocycles. The van der Waals surface area contributed by atoms with E-state index < -0.39 is 4.92 Å². The molecule has 0 aliphatic rings. The summed E-state index contributed by atoms with van der Waals surface area (Å²) in [6.45, 7) is 0.0509. The fourth-order valence-corrected chi connectivity index (χ4v) is 3.10. The molecular weight excluding hydrogens is 396 g/mol. The van der Waals surface area contributed by atoms with Gasteiger partial charge in [-0.2, -0.15) is 5.10 Å². The van der Waals surface area contributed by atoms with E-state index >= 15 is 0 Å². The van der Waals surface area contributed by atoms with Gasteiger partial charge in [-0.05, 0) is 41.1 Å². The summed E-state index contributed by atoms with van der Waals surface area (Å²) in [4.78, 5) is 22.7. The molecule has 4 rings (SSSR count). The van der Waals surface area contributed by atoms with Crippen molar-refractivity contribution in [2.24, 2.45) is 5.10 Å². The minimum Gasteiger partial charge on any atom is -0.455 e. The van der Waals surface area contributed by atoms with Crippen molar-refractivity contribution in [1.82, 2.24) is 5.43 Å². The molecule has 1 amide bonds. The van der Waals surface area contributed by atoms with E-state index in [1.165, 1.54) is 12.3 Å². The number of nitrogens with zero attached hydrogens (tertiary/aromatic N) is 2. The summed E-state index contributed by atoms with van der Waals surface area (Å²) in [6, 6.07) is 23.4. The van der Waals surface area contributed by atoms with Gasteiger partial charge < -0.3 is 9.73 Å². The van der Waals surface area contributed by atoms with Crippen LogP contribution in [0.5, 0.6) is 0 Å². The van der Waals surface area contributed by atoms with Gasteiger partial charge in [-0.3, -0.25) is 14.9 Å². The van der Waals surface area contributed by atoms with Gasteiger partial charge in [0.15, 0.2) is 0 Å². The summed E-state index contributed by atoms with van der Waals surface area (Å²) in [5, 5.41) is 20.3. The maximum atomic E-state index is 12.0. The molecule has 31 heavy (non-hydrogen) atoms. The number of fused-ring (bicyclic) bond motifs is 1. The van der Waals surface area contributed by atoms with Crippen molar-refractivity contribution in [1.29, 1.82) is 0 Å². The highest BCUT2D eigenvalue weighted by Crippen LogP contribution is 2.30. The van der Waals surface area contributed by atoms with Crippen LogP contribution in [-0.2, 0) is 4.79 Å². The molecule has 1 aromatic heterocycles. The molecule has 0 saturated carbocycles. The van der Waals surface area contributed by atoms with Crippen LogP contribution in [0.2, 0.25) is 0 Å². The zero-order valence-corrected chi connectivity index (χ0v) is 16.3. The van der Waals surface area contributed by atoms with Crippen molar-refractivity contribution in [3.8, 4) is 11.3 Å². The number of rotatable bonds is 7. The topological polar surface area (TPSA) is 110 Å². The second-order valence-electron chi connectivity index (χ2n) is 6.68. The van der Waals surface area contributed by atoms with Gasteiger partial charge in [-0.15, -0.1) is 0 Å². The Hall–Kier alpha value is -4.46. The van der Waals surface area contributed by atoms with E-state index in [9.17, 15) is 14.9 Å². The molecule has 0 radical (unpaired) electrons. The average molecular weight is 414 g/mol. The molecule has 154 valence electrons. The van der Waals surface area contributed by atoms with Crippen molar-refractivity contribution < 1.29 is 14.1 Å². The molecule has 2 N–H and O–H groups in total. The van der Waals surface area contributed by atoms with E-state index in [1.54, 1.807) is 30.3 Å². The molecule has 0 aliphatic carbocycles.